The molecular weight excluding hydrogens is 207 g/mol. The average Bonchev–Trinajstić information content (AvgIpc) is 2.31. The highest BCUT2D eigenvalue weighted by Gasteiger charge is 2.23. The summed E-state index contributed by atoms with van der Waals surface area (Å²) in [5.74, 6) is -0.188. The van der Waals surface area contributed by atoms with Crippen molar-refractivity contribution in [2.45, 2.75) is 12.5 Å². The highest BCUT2D eigenvalue weighted by Crippen LogP contribution is 2.22. The van der Waals surface area contributed by atoms with Gasteiger partial charge >= 0.3 is 0 Å². The molecule has 2 rings (SSSR count). The lowest BCUT2D eigenvalue weighted by atomic mass is 10.1. The molecule has 2 N–H and O–H groups in total. The number of aliphatic hydroxyl groups excluding tert-OH is 1. The molecule has 0 aromatic heterocycles. The van der Waals surface area contributed by atoms with Gasteiger partial charge in [-0.25, -0.2) is 4.39 Å². The maximum absolute atomic E-state index is 13.7. The summed E-state index contributed by atoms with van der Waals surface area (Å²) in [7, 11) is 0. The molecule has 3 nitrogen and oxygen atoms in total. The highest BCUT2D eigenvalue weighted by molar-refractivity contribution is 5.49. The molecule has 1 aliphatic heterocycles. The van der Waals surface area contributed by atoms with Crippen LogP contribution in [0.5, 0.6) is 0 Å². The molecule has 1 fully saturated rings. The Bertz CT molecular complexity index is 344. The predicted molar refractivity (Wildman–Crippen MR) is 62.1 cm³/mol. The first-order valence-corrected chi connectivity index (χ1v) is 5.65. The smallest absolute Gasteiger partial charge is 0.146 e. The summed E-state index contributed by atoms with van der Waals surface area (Å²) in [6.07, 6.45) is 0.668. The van der Waals surface area contributed by atoms with Gasteiger partial charge in [-0.2, -0.15) is 0 Å². The van der Waals surface area contributed by atoms with E-state index in [9.17, 15) is 4.39 Å². The maximum atomic E-state index is 13.7. The Morgan fingerprint density at radius 2 is 2.25 bits per heavy atom. The molecule has 0 aliphatic carbocycles. The number of hydrogen-bond donors (Lipinski definition) is 2. The fourth-order valence-electron chi connectivity index (χ4n) is 2.17. The van der Waals surface area contributed by atoms with Crippen LogP contribution in [-0.4, -0.2) is 37.4 Å². The topological polar surface area (TPSA) is 35.5 Å². The molecule has 0 bridgehead atoms. The molecular formula is C12H17FN2O. The van der Waals surface area contributed by atoms with Gasteiger partial charge in [0.1, 0.15) is 5.82 Å². The fraction of sp³-hybridized carbons (Fsp3) is 0.500. The Balaban J connectivity index is 2.19. The lowest BCUT2D eigenvalue weighted by molar-refractivity contribution is 0.265. The molecule has 0 spiro atoms. The quantitative estimate of drug-likeness (QED) is 0.803. The predicted octanol–water partition coefficient (Wildman–Crippen LogP) is 0.986. The minimum atomic E-state index is -0.188. The van der Waals surface area contributed by atoms with E-state index in [0.29, 0.717) is 12.1 Å². The lowest BCUT2D eigenvalue weighted by Gasteiger charge is -2.38. The normalized spacial score (nSPS) is 21.1. The number of hydrogen-bond acceptors (Lipinski definition) is 3. The van der Waals surface area contributed by atoms with Crippen LogP contribution in [0.2, 0.25) is 0 Å². The summed E-state index contributed by atoms with van der Waals surface area (Å²) in [5.41, 5.74) is 0.641. The molecule has 0 radical (unpaired) electrons. The summed E-state index contributed by atoms with van der Waals surface area (Å²) < 4.78 is 13.7. The Hall–Kier alpha value is -1.13. The standard InChI is InChI=1S/C12H17FN2O/c13-11-3-1-2-4-12(11)15-7-6-14-9-10(15)5-8-16/h1-4,10,14,16H,5-9H2. The van der Waals surface area contributed by atoms with Crippen LogP contribution in [0.15, 0.2) is 24.3 Å². The third-order valence-electron chi connectivity index (χ3n) is 2.97. The second-order valence-corrected chi connectivity index (χ2v) is 4.02. The monoisotopic (exact) mass is 224 g/mol. The molecule has 1 atom stereocenters. The van der Waals surface area contributed by atoms with Crippen molar-refractivity contribution in [3.63, 3.8) is 0 Å². The molecule has 1 unspecified atom stereocenters. The molecule has 4 heteroatoms. The van der Waals surface area contributed by atoms with Crippen LogP contribution in [0.1, 0.15) is 6.42 Å². The van der Waals surface area contributed by atoms with Crippen LogP contribution < -0.4 is 10.2 Å². The van der Waals surface area contributed by atoms with Crippen LogP contribution in [0.25, 0.3) is 0 Å². The van der Waals surface area contributed by atoms with Crippen LogP contribution in [0.3, 0.4) is 0 Å². The number of rotatable bonds is 3. The SMILES string of the molecule is OCCC1CNCCN1c1ccccc1F. The molecule has 0 amide bonds. The van der Waals surface area contributed by atoms with Gasteiger partial charge in [-0.15, -0.1) is 0 Å². The summed E-state index contributed by atoms with van der Waals surface area (Å²) >= 11 is 0. The van der Waals surface area contributed by atoms with E-state index in [1.165, 1.54) is 6.07 Å². The first-order valence-electron chi connectivity index (χ1n) is 5.65. The average molecular weight is 224 g/mol. The van der Waals surface area contributed by atoms with Crippen molar-refractivity contribution < 1.29 is 9.50 Å². The number of piperazine rings is 1. The van der Waals surface area contributed by atoms with Crippen LogP contribution in [-0.2, 0) is 0 Å². The highest BCUT2D eigenvalue weighted by atomic mass is 19.1. The van der Waals surface area contributed by atoms with Gasteiger partial charge in [-0.3, -0.25) is 0 Å². The van der Waals surface area contributed by atoms with Crippen molar-refractivity contribution in [2.24, 2.45) is 0 Å². The minimum absolute atomic E-state index is 0.136. The number of anilines is 1. The van der Waals surface area contributed by atoms with Gasteiger partial charge in [0.2, 0.25) is 0 Å². The maximum Gasteiger partial charge on any atom is 0.146 e. The third-order valence-corrected chi connectivity index (χ3v) is 2.97. The fourth-order valence-corrected chi connectivity index (χ4v) is 2.17. The molecule has 0 saturated carbocycles. The number of nitrogens with one attached hydrogen (secondary N) is 1. The van der Waals surface area contributed by atoms with E-state index in [4.69, 9.17) is 5.11 Å². The van der Waals surface area contributed by atoms with Gasteiger partial charge in [0, 0.05) is 32.3 Å². The third kappa shape index (κ3) is 2.33. The van der Waals surface area contributed by atoms with Crippen LogP contribution in [0.4, 0.5) is 10.1 Å². The zero-order valence-electron chi connectivity index (χ0n) is 9.19. The number of aliphatic hydroxyl groups is 1. The number of benzene rings is 1. The molecule has 88 valence electrons. The summed E-state index contributed by atoms with van der Waals surface area (Å²) in [4.78, 5) is 2.04. The summed E-state index contributed by atoms with van der Waals surface area (Å²) in [6.45, 7) is 2.58. The van der Waals surface area contributed by atoms with E-state index in [0.717, 1.165) is 19.6 Å². The van der Waals surface area contributed by atoms with Crippen molar-refractivity contribution in [3.05, 3.63) is 30.1 Å². The Morgan fingerprint density at radius 3 is 3.00 bits per heavy atom. The second-order valence-electron chi connectivity index (χ2n) is 4.02. The van der Waals surface area contributed by atoms with Crippen LogP contribution >= 0.6 is 0 Å². The van der Waals surface area contributed by atoms with Gasteiger partial charge in [-0.1, -0.05) is 12.1 Å². The number of nitrogens with zero attached hydrogens (tertiary/aromatic N) is 1. The second kappa shape index (κ2) is 5.27. The van der Waals surface area contributed by atoms with Gasteiger partial charge < -0.3 is 15.3 Å². The van der Waals surface area contributed by atoms with Crippen LogP contribution in [0, 0.1) is 5.82 Å². The zero-order chi connectivity index (χ0) is 11.4. The number of halogens is 1. The summed E-state index contributed by atoms with van der Waals surface area (Å²) in [5, 5.41) is 12.3. The minimum Gasteiger partial charge on any atom is -0.396 e. The Labute approximate surface area is 94.9 Å². The van der Waals surface area contributed by atoms with Gasteiger partial charge in [0.15, 0.2) is 0 Å². The van der Waals surface area contributed by atoms with E-state index >= 15 is 0 Å². The van der Waals surface area contributed by atoms with E-state index < -0.39 is 0 Å². The van der Waals surface area contributed by atoms with Crippen molar-refractivity contribution >= 4 is 5.69 Å². The largest absolute Gasteiger partial charge is 0.396 e. The molecule has 1 aromatic carbocycles. The lowest BCUT2D eigenvalue weighted by Crippen LogP contribution is -2.52. The van der Waals surface area contributed by atoms with Crippen molar-refractivity contribution in [1.29, 1.82) is 0 Å². The van der Waals surface area contributed by atoms with Crippen molar-refractivity contribution in [1.82, 2.24) is 5.32 Å². The first-order chi connectivity index (χ1) is 7.83. The first kappa shape index (κ1) is 11.4. The summed E-state index contributed by atoms with van der Waals surface area (Å²) in [6, 6.07) is 6.99. The van der Waals surface area contributed by atoms with E-state index in [-0.39, 0.29) is 18.5 Å². The molecule has 1 heterocycles. The van der Waals surface area contributed by atoms with Crippen molar-refractivity contribution in [2.75, 3.05) is 31.1 Å². The molecule has 1 saturated heterocycles. The van der Waals surface area contributed by atoms with Gasteiger partial charge in [-0.05, 0) is 18.6 Å². The number of para-hydroxylation sites is 1. The van der Waals surface area contributed by atoms with E-state index in [2.05, 4.69) is 5.32 Å². The zero-order valence-corrected chi connectivity index (χ0v) is 9.19. The van der Waals surface area contributed by atoms with E-state index in [1.807, 2.05) is 11.0 Å². The molecule has 1 aliphatic rings. The molecule has 1 aromatic rings. The van der Waals surface area contributed by atoms with Crippen molar-refractivity contribution in [3.8, 4) is 0 Å². The molecule has 16 heavy (non-hydrogen) atoms. The Kier molecular flexibility index (Phi) is 3.74. The van der Waals surface area contributed by atoms with Gasteiger partial charge in [0.25, 0.3) is 0 Å². The van der Waals surface area contributed by atoms with Gasteiger partial charge in [0.05, 0.1) is 5.69 Å². The Morgan fingerprint density at radius 1 is 1.44 bits per heavy atom. The van der Waals surface area contributed by atoms with E-state index in [1.54, 1.807) is 12.1 Å².